The monoisotopic (exact) mass is 464 g/mol. The summed E-state index contributed by atoms with van der Waals surface area (Å²) in [6, 6.07) is 6.51. The molecule has 154 valence electrons. The molecule has 0 radical (unpaired) electrons. The molecule has 4 rings (SSSR count). The molecular formula is C18H13Cl2F3N2O3S. The van der Waals surface area contributed by atoms with E-state index in [0.717, 1.165) is 17.0 Å². The molecule has 2 aromatic carbocycles. The van der Waals surface area contributed by atoms with Crippen LogP contribution < -0.4 is 9.80 Å². The number of sulfone groups is 1. The quantitative estimate of drug-likeness (QED) is 0.609. The molecular weight excluding hydrogens is 452 g/mol. The van der Waals surface area contributed by atoms with Crippen LogP contribution in [0.2, 0.25) is 10.0 Å². The van der Waals surface area contributed by atoms with Gasteiger partial charge in [-0.3, -0.25) is 9.80 Å². The molecule has 0 spiro atoms. The Bertz CT molecular complexity index is 1110. The van der Waals surface area contributed by atoms with Crippen LogP contribution in [0.15, 0.2) is 42.5 Å². The van der Waals surface area contributed by atoms with Crippen LogP contribution in [0, 0.1) is 0 Å². The second-order valence-electron chi connectivity index (χ2n) is 6.88. The van der Waals surface area contributed by atoms with Crippen molar-refractivity contribution in [2.75, 3.05) is 21.3 Å². The van der Waals surface area contributed by atoms with Gasteiger partial charge in [-0.05, 0) is 36.4 Å². The maximum atomic E-state index is 13.2. The number of hydrogen-bond donors (Lipinski definition) is 0. The lowest BCUT2D eigenvalue weighted by Gasteiger charge is -2.23. The third-order valence-corrected chi connectivity index (χ3v) is 7.44. The Morgan fingerprint density at radius 1 is 0.897 bits per heavy atom. The fourth-order valence-electron chi connectivity index (χ4n) is 3.77. The van der Waals surface area contributed by atoms with Crippen molar-refractivity contribution in [3.05, 3.63) is 58.1 Å². The number of amides is 2. The van der Waals surface area contributed by atoms with Crippen LogP contribution >= 0.6 is 23.2 Å². The number of nitrogens with zero attached hydrogens (tertiary/aromatic N) is 2. The average Bonchev–Trinajstić information content (AvgIpc) is 3.05. The second kappa shape index (κ2) is 6.78. The van der Waals surface area contributed by atoms with Crippen molar-refractivity contribution in [1.29, 1.82) is 0 Å². The van der Waals surface area contributed by atoms with Crippen LogP contribution in [0.3, 0.4) is 0 Å². The van der Waals surface area contributed by atoms with Crippen molar-refractivity contribution in [3.63, 3.8) is 0 Å². The lowest BCUT2D eigenvalue weighted by atomic mass is 10.1. The zero-order valence-electron chi connectivity index (χ0n) is 14.5. The summed E-state index contributed by atoms with van der Waals surface area (Å²) in [6.45, 7) is 0. The summed E-state index contributed by atoms with van der Waals surface area (Å²) in [6.07, 6.45) is -4.59. The standard InChI is InChI=1S/C18H13Cl2F3N2O3S/c19-13-5-4-12(7-14(13)20)25-16-9-29(27,28)8-15(16)24(17(25)26)11-3-1-2-10(6-11)18(21,22)23/h1-7,15-16H,8-9H2/t15-,16+/m0/s1. The first-order valence-corrected chi connectivity index (χ1v) is 11.0. The van der Waals surface area contributed by atoms with E-state index < -0.39 is 39.7 Å². The Morgan fingerprint density at radius 3 is 2.03 bits per heavy atom. The van der Waals surface area contributed by atoms with Crippen molar-refractivity contribution >= 4 is 50.4 Å². The highest BCUT2D eigenvalue weighted by molar-refractivity contribution is 7.91. The van der Waals surface area contributed by atoms with Crippen molar-refractivity contribution in [2.24, 2.45) is 0 Å². The van der Waals surface area contributed by atoms with Gasteiger partial charge in [0.15, 0.2) is 9.84 Å². The van der Waals surface area contributed by atoms with Gasteiger partial charge in [-0.15, -0.1) is 0 Å². The Labute approximate surface area is 174 Å². The Kier molecular flexibility index (Phi) is 4.75. The smallest absolute Gasteiger partial charge is 0.288 e. The van der Waals surface area contributed by atoms with E-state index in [-0.39, 0.29) is 27.2 Å². The summed E-state index contributed by atoms with van der Waals surface area (Å²) in [7, 11) is -3.48. The minimum Gasteiger partial charge on any atom is -0.288 e. The lowest BCUT2D eigenvalue weighted by molar-refractivity contribution is -0.137. The predicted octanol–water partition coefficient (Wildman–Crippen LogP) is 4.62. The number of alkyl halides is 3. The zero-order valence-corrected chi connectivity index (χ0v) is 16.9. The molecule has 11 heteroatoms. The van der Waals surface area contributed by atoms with Crippen molar-refractivity contribution in [3.8, 4) is 0 Å². The lowest BCUT2D eigenvalue weighted by Crippen LogP contribution is -2.38. The van der Waals surface area contributed by atoms with E-state index in [1.54, 1.807) is 0 Å². The van der Waals surface area contributed by atoms with Gasteiger partial charge in [0.05, 0.1) is 39.2 Å². The van der Waals surface area contributed by atoms with Crippen molar-refractivity contribution in [1.82, 2.24) is 0 Å². The summed E-state index contributed by atoms with van der Waals surface area (Å²) in [5, 5.41) is 0.430. The topological polar surface area (TPSA) is 57.7 Å². The number of urea groups is 1. The summed E-state index contributed by atoms with van der Waals surface area (Å²) < 4.78 is 63.9. The molecule has 2 aliphatic heterocycles. The molecule has 0 saturated carbocycles. The largest absolute Gasteiger partial charge is 0.416 e. The molecule has 2 aliphatic rings. The third kappa shape index (κ3) is 3.55. The van der Waals surface area contributed by atoms with Gasteiger partial charge in [0.2, 0.25) is 0 Å². The number of halogens is 5. The van der Waals surface area contributed by atoms with Crippen molar-refractivity contribution < 1.29 is 26.4 Å². The normalized spacial score (nSPS) is 23.6. The Morgan fingerprint density at radius 2 is 1.48 bits per heavy atom. The van der Waals surface area contributed by atoms with Gasteiger partial charge in [-0.1, -0.05) is 29.3 Å². The minimum absolute atomic E-state index is 0.0144. The van der Waals surface area contributed by atoms with Crippen LogP contribution in [-0.2, 0) is 16.0 Å². The predicted molar refractivity (Wildman–Crippen MR) is 104 cm³/mol. The first kappa shape index (κ1) is 20.3. The molecule has 2 fully saturated rings. The fraction of sp³-hybridized carbons (Fsp3) is 0.278. The molecule has 2 aromatic rings. The molecule has 0 N–H and O–H groups in total. The van der Waals surface area contributed by atoms with Gasteiger partial charge in [0.25, 0.3) is 0 Å². The van der Waals surface area contributed by atoms with Crippen LogP contribution in [0.1, 0.15) is 5.56 Å². The number of carbonyl (C=O) groups is 1. The van der Waals surface area contributed by atoms with Crippen LogP contribution in [0.5, 0.6) is 0 Å². The molecule has 0 unspecified atom stereocenters. The highest BCUT2D eigenvalue weighted by Crippen LogP contribution is 2.40. The number of anilines is 2. The number of fused-ring (bicyclic) bond motifs is 1. The van der Waals surface area contributed by atoms with Gasteiger partial charge in [0.1, 0.15) is 0 Å². The summed E-state index contributed by atoms with van der Waals surface area (Å²) in [5.41, 5.74) is -0.612. The molecule has 5 nitrogen and oxygen atoms in total. The van der Waals surface area contributed by atoms with Gasteiger partial charge in [-0.25, -0.2) is 13.2 Å². The number of benzene rings is 2. The Hall–Kier alpha value is -1.97. The molecule has 0 aliphatic carbocycles. The van der Waals surface area contributed by atoms with Crippen LogP contribution in [-0.4, -0.2) is 38.0 Å². The average molecular weight is 465 g/mol. The maximum absolute atomic E-state index is 13.2. The molecule has 29 heavy (non-hydrogen) atoms. The van der Waals surface area contributed by atoms with E-state index >= 15 is 0 Å². The van der Waals surface area contributed by atoms with E-state index in [9.17, 15) is 26.4 Å². The van der Waals surface area contributed by atoms with E-state index in [2.05, 4.69) is 0 Å². The molecule has 2 heterocycles. The summed E-state index contributed by atoms with van der Waals surface area (Å²) in [4.78, 5) is 15.6. The summed E-state index contributed by atoms with van der Waals surface area (Å²) in [5.74, 6) is -0.628. The number of rotatable bonds is 2. The van der Waals surface area contributed by atoms with E-state index in [1.165, 1.54) is 35.2 Å². The second-order valence-corrected chi connectivity index (χ2v) is 9.85. The van der Waals surface area contributed by atoms with Gasteiger partial charge in [0, 0.05) is 11.4 Å². The van der Waals surface area contributed by atoms with E-state index in [0.29, 0.717) is 5.69 Å². The number of carbonyl (C=O) groups excluding carboxylic acids is 1. The van der Waals surface area contributed by atoms with E-state index in [1.807, 2.05) is 0 Å². The van der Waals surface area contributed by atoms with Gasteiger partial charge >= 0.3 is 12.2 Å². The van der Waals surface area contributed by atoms with Crippen LogP contribution in [0.4, 0.5) is 29.3 Å². The van der Waals surface area contributed by atoms with E-state index in [4.69, 9.17) is 23.2 Å². The first-order valence-electron chi connectivity index (χ1n) is 8.43. The van der Waals surface area contributed by atoms with Gasteiger partial charge in [-0.2, -0.15) is 13.2 Å². The molecule has 2 amide bonds. The SMILES string of the molecule is O=C1N(c2ccc(Cl)c(Cl)c2)[C@@H]2CS(=O)(=O)C[C@@H]2N1c1cccc(C(F)(F)F)c1. The van der Waals surface area contributed by atoms with Crippen molar-refractivity contribution in [2.45, 2.75) is 18.3 Å². The molecule has 2 saturated heterocycles. The maximum Gasteiger partial charge on any atom is 0.416 e. The third-order valence-electron chi connectivity index (χ3n) is 5.00. The Balaban J connectivity index is 1.81. The fourth-order valence-corrected chi connectivity index (χ4v) is 5.99. The zero-order chi connectivity index (χ0) is 21.1. The number of hydrogen-bond acceptors (Lipinski definition) is 3. The molecule has 0 bridgehead atoms. The van der Waals surface area contributed by atoms with Crippen LogP contribution in [0.25, 0.3) is 0 Å². The van der Waals surface area contributed by atoms with Gasteiger partial charge < -0.3 is 0 Å². The molecule has 0 aromatic heterocycles. The highest BCUT2D eigenvalue weighted by Gasteiger charge is 2.54. The molecule has 2 atom stereocenters. The first-order chi connectivity index (χ1) is 13.5. The summed E-state index contributed by atoms with van der Waals surface area (Å²) >= 11 is 12.0. The minimum atomic E-state index is -4.59. The highest BCUT2D eigenvalue weighted by atomic mass is 35.5.